The Kier molecular flexibility index (Phi) is 6.45. The number of hydrogen-bond donors (Lipinski definition) is 0. The summed E-state index contributed by atoms with van der Waals surface area (Å²) >= 11 is 0. The van der Waals surface area contributed by atoms with Crippen molar-refractivity contribution in [3.8, 4) is 0 Å². The fourth-order valence-corrected chi connectivity index (χ4v) is 0.806. The molecule has 0 aromatic heterocycles. The number of halogens is 1. The van der Waals surface area contributed by atoms with Crippen molar-refractivity contribution in [1.82, 2.24) is 0 Å². The lowest BCUT2D eigenvalue weighted by Gasteiger charge is -2.00. The highest BCUT2D eigenvalue weighted by Gasteiger charge is 1.97. The normalized spacial score (nSPS) is 13.0. The molecule has 1 unspecified atom stereocenters. The van der Waals surface area contributed by atoms with E-state index in [1.807, 2.05) is 6.92 Å². The van der Waals surface area contributed by atoms with Crippen molar-refractivity contribution in [1.29, 1.82) is 0 Å². The standard InChI is InChI=1S/C8H15FO/c1-8(7-10)5-3-2-4-6-9/h7-8H,2-6H2,1H3. The molecule has 0 radical (unpaired) electrons. The van der Waals surface area contributed by atoms with Crippen LogP contribution in [0.15, 0.2) is 0 Å². The van der Waals surface area contributed by atoms with Gasteiger partial charge in [0.1, 0.15) is 6.29 Å². The molecule has 0 spiro atoms. The van der Waals surface area contributed by atoms with Crippen LogP contribution in [0.2, 0.25) is 0 Å². The summed E-state index contributed by atoms with van der Waals surface area (Å²) in [5, 5.41) is 0. The second-order valence-corrected chi connectivity index (χ2v) is 2.65. The van der Waals surface area contributed by atoms with E-state index in [0.717, 1.165) is 25.5 Å². The SMILES string of the molecule is CC(C=O)CCCCCF. The molecule has 0 amide bonds. The molecular formula is C8H15FO. The van der Waals surface area contributed by atoms with Crippen molar-refractivity contribution in [2.75, 3.05) is 6.67 Å². The Hall–Kier alpha value is -0.400. The first-order chi connectivity index (χ1) is 4.81. The van der Waals surface area contributed by atoms with Crippen LogP contribution < -0.4 is 0 Å². The summed E-state index contributed by atoms with van der Waals surface area (Å²) in [7, 11) is 0. The molecular weight excluding hydrogens is 131 g/mol. The van der Waals surface area contributed by atoms with Gasteiger partial charge < -0.3 is 4.79 Å². The number of aldehydes is 1. The maximum atomic E-state index is 11.5. The number of carbonyl (C=O) groups is 1. The Labute approximate surface area is 61.6 Å². The molecule has 0 aliphatic rings. The maximum absolute atomic E-state index is 11.5. The fraction of sp³-hybridized carbons (Fsp3) is 0.875. The lowest BCUT2D eigenvalue weighted by Crippen LogP contribution is -1.94. The predicted molar refractivity (Wildman–Crippen MR) is 39.7 cm³/mol. The Morgan fingerprint density at radius 1 is 1.40 bits per heavy atom. The third kappa shape index (κ3) is 5.73. The van der Waals surface area contributed by atoms with Gasteiger partial charge in [0.05, 0.1) is 6.67 Å². The minimum Gasteiger partial charge on any atom is -0.303 e. The Bertz CT molecular complexity index is 83.3. The summed E-state index contributed by atoms with van der Waals surface area (Å²) in [6.07, 6.45) is 4.39. The molecule has 0 N–H and O–H groups in total. The van der Waals surface area contributed by atoms with Crippen molar-refractivity contribution < 1.29 is 9.18 Å². The molecule has 0 fully saturated rings. The van der Waals surface area contributed by atoms with Crippen molar-refractivity contribution in [3.05, 3.63) is 0 Å². The number of rotatable bonds is 6. The zero-order chi connectivity index (χ0) is 7.82. The average Bonchev–Trinajstić information content (AvgIpc) is 1.98. The number of alkyl halides is 1. The van der Waals surface area contributed by atoms with Gasteiger partial charge in [-0.25, -0.2) is 0 Å². The number of unbranched alkanes of at least 4 members (excludes halogenated alkanes) is 2. The molecule has 60 valence electrons. The monoisotopic (exact) mass is 146 g/mol. The maximum Gasteiger partial charge on any atom is 0.122 e. The number of hydrogen-bond acceptors (Lipinski definition) is 1. The van der Waals surface area contributed by atoms with E-state index in [1.54, 1.807) is 0 Å². The zero-order valence-corrected chi connectivity index (χ0v) is 6.48. The van der Waals surface area contributed by atoms with E-state index in [0.29, 0.717) is 6.42 Å². The third-order valence-corrected chi connectivity index (χ3v) is 1.53. The van der Waals surface area contributed by atoms with E-state index in [1.165, 1.54) is 0 Å². The smallest absolute Gasteiger partial charge is 0.122 e. The molecule has 10 heavy (non-hydrogen) atoms. The average molecular weight is 146 g/mol. The van der Waals surface area contributed by atoms with Crippen LogP contribution in [-0.4, -0.2) is 13.0 Å². The summed E-state index contributed by atoms with van der Waals surface area (Å²) in [5.74, 6) is 0.152. The Morgan fingerprint density at radius 2 is 2.10 bits per heavy atom. The first kappa shape index (κ1) is 9.60. The topological polar surface area (TPSA) is 17.1 Å². The lowest BCUT2D eigenvalue weighted by molar-refractivity contribution is -0.110. The first-order valence-electron chi connectivity index (χ1n) is 3.82. The van der Waals surface area contributed by atoms with Crippen molar-refractivity contribution in [2.45, 2.75) is 32.6 Å². The quantitative estimate of drug-likeness (QED) is 0.415. The minimum absolute atomic E-state index is 0.152. The largest absolute Gasteiger partial charge is 0.303 e. The molecule has 2 heteroatoms. The summed E-state index contributed by atoms with van der Waals surface area (Å²) < 4.78 is 11.5. The van der Waals surface area contributed by atoms with Crippen LogP contribution in [0, 0.1) is 5.92 Å². The van der Waals surface area contributed by atoms with Gasteiger partial charge in [-0.2, -0.15) is 0 Å². The van der Waals surface area contributed by atoms with Gasteiger partial charge in [0.15, 0.2) is 0 Å². The van der Waals surface area contributed by atoms with Gasteiger partial charge in [-0.05, 0) is 12.8 Å². The zero-order valence-electron chi connectivity index (χ0n) is 6.48. The van der Waals surface area contributed by atoms with E-state index < -0.39 is 0 Å². The van der Waals surface area contributed by atoms with Gasteiger partial charge in [0, 0.05) is 5.92 Å². The summed E-state index contributed by atoms with van der Waals surface area (Å²) in [4.78, 5) is 10.1. The van der Waals surface area contributed by atoms with E-state index in [4.69, 9.17) is 0 Å². The first-order valence-corrected chi connectivity index (χ1v) is 3.82. The summed E-state index contributed by atoms with van der Waals surface area (Å²) in [5.41, 5.74) is 0. The second kappa shape index (κ2) is 6.72. The molecule has 1 atom stereocenters. The van der Waals surface area contributed by atoms with E-state index in [-0.39, 0.29) is 12.6 Å². The minimum atomic E-state index is -0.227. The number of carbonyl (C=O) groups excluding carboxylic acids is 1. The molecule has 0 aromatic carbocycles. The lowest BCUT2D eigenvalue weighted by atomic mass is 10.1. The molecule has 1 nitrogen and oxygen atoms in total. The molecule has 0 saturated heterocycles. The fourth-order valence-electron chi connectivity index (χ4n) is 0.806. The van der Waals surface area contributed by atoms with Crippen LogP contribution in [0.3, 0.4) is 0 Å². The van der Waals surface area contributed by atoms with Gasteiger partial charge in [0.25, 0.3) is 0 Å². The Balaban J connectivity index is 2.95. The van der Waals surface area contributed by atoms with Gasteiger partial charge >= 0.3 is 0 Å². The Morgan fingerprint density at radius 3 is 2.60 bits per heavy atom. The van der Waals surface area contributed by atoms with Gasteiger partial charge in [-0.1, -0.05) is 19.8 Å². The summed E-state index contributed by atoms with van der Waals surface area (Å²) in [6, 6.07) is 0. The van der Waals surface area contributed by atoms with E-state index >= 15 is 0 Å². The highest BCUT2D eigenvalue weighted by Crippen LogP contribution is 2.06. The van der Waals surface area contributed by atoms with Crippen molar-refractivity contribution in [3.63, 3.8) is 0 Å². The van der Waals surface area contributed by atoms with Crippen molar-refractivity contribution >= 4 is 6.29 Å². The molecule has 0 aliphatic heterocycles. The van der Waals surface area contributed by atoms with Crippen LogP contribution in [-0.2, 0) is 4.79 Å². The second-order valence-electron chi connectivity index (χ2n) is 2.65. The van der Waals surface area contributed by atoms with E-state index in [9.17, 15) is 9.18 Å². The third-order valence-electron chi connectivity index (χ3n) is 1.53. The van der Waals surface area contributed by atoms with Crippen molar-refractivity contribution in [2.24, 2.45) is 5.92 Å². The van der Waals surface area contributed by atoms with Crippen LogP contribution in [0.5, 0.6) is 0 Å². The van der Waals surface area contributed by atoms with Crippen LogP contribution >= 0.6 is 0 Å². The summed E-state index contributed by atoms with van der Waals surface area (Å²) in [6.45, 7) is 1.66. The van der Waals surface area contributed by atoms with Crippen LogP contribution in [0.25, 0.3) is 0 Å². The van der Waals surface area contributed by atoms with Crippen LogP contribution in [0.4, 0.5) is 4.39 Å². The molecule has 0 rings (SSSR count). The highest BCUT2D eigenvalue weighted by molar-refractivity contribution is 5.52. The predicted octanol–water partition coefficient (Wildman–Crippen LogP) is 2.35. The van der Waals surface area contributed by atoms with E-state index in [2.05, 4.69) is 0 Å². The van der Waals surface area contributed by atoms with Crippen LogP contribution in [0.1, 0.15) is 32.6 Å². The molecule has 0 aromatic rings. The van der Waals surface area contributed by atoms with Gasteiger partial charge in [-0.15, -0.1) is 0 Å². The molecule has 0 aliphatic carbocycles. The van der Waals surface area contributed by atoms with Gasteiger partial charge in [-0.3, -0.25) is 4.39 Å². The highest BCUT2D eigenvalue weighted by atomic mass is 19.1. The van der Waals surface area contributed by atoms with Gasteiger partial charge in [0.2, 0.25) is 0 Å². The molecule has 0 saturated carbocycles. The molecule has 0 heterocycles. The molecule has 0 bridgehead atoms.